The van der Waals surface area contributed by atoms with Crippen molar-refractivity contribution in [3.8, 4) is 5.82 Å². The molecule has 4 nitrogen and oxygen atoms in total. The number of nitrogens with zero attached hydrogens (tertiary/aromatic N) is 3. The molecule has 1 N–H and O–H groups in total. The average molecular weight is 279 g/mol. The van der Waals surface area contributed by atoms with Gasteiger partial charge in [0.2, 0.25) is 0 Å². The van der Waals surface area contributed by atoms with Gasteiger partial charge in [-0.3, -0.25) is 4.57 Å². The zero-order valence-electron chi connectivity index (χ0n) is 11.4. The number of halogens is 1. The molecule has 0 fully saturated rings. The van der Waals surface area contributed by atoms with Crippen molar-refractivity contribution >= 4 is 11.6 Å². The quantitative estimate of drug-likeness (QED) is 0.883. The third-order valence-corrected chi connectivity index (χ3v) is 3.15. The van der Waals surface area contributed by atoms with E-state index in [1.54, 1.807) is 6.20 Å². The highest BCUT2D eigenvalue weighted by molar-refractivity contribution is 6.32. The van der Waals surface area contributed by atoms with Crippen molar-refractivity contribution in [2.75, 3.05) is 6.54 Å². The summed E-state index contributed by atoms with van der Waals surface area (Å²) in [7, 11) is 0. The van der Waals surface area contributed by atoms with Crippen LogP contribution in [0.2, 0.25) is 5.02 Å². The number of nitrogens with one attached hydrogen (secondary N) is 1. The monoisotopic (exact) mass is 278 g/mol. The van der Waals surface area contributed by atoms with Crippen LogP contribution in [0.25, 0.3) is 5.82 Å². The van der Waals surface area contributed by atoms with Crippen LogP contribution in [-0.2, 0) is 13.0 Å². The minimum absolute atomic E-state index is 0.658. The Morgan fingerprint density at radius 2 is 2.16 bits per heavy atom. The van der Waals surface area contributed by atoms with E-state index in [2.05, 4.69) is 29.1 Å². The Morgan fingerprint density at radius 1 is 1.32 bits per heavy atom. The number of aromatic nitrogens is 3. The van der Waals surface area contributed by atoms with Crippen molar-refractivity contribution in [1.82, 2.24) is 19.9 Å². The molecule has 19 heavy (non-hydrogen) atoms. The predicted molar refractivity (Wildman–Crippen MR) is 77.7 cm³/mol. The number of rotatable bonds is 6. The third-order valence-electron chi connectivity index (χ3n) is 2.88. The summed E-state index contributed by atoms with van der Waals surface area (Å²) in [4.78, 5) is 8.81. The number of imidazole rings is 1. The molecule has 2 rings (SSSR count). The van der Waals surface area contributed by atoms with Gasteiger partial charge in [-0.1, -0.05) is 25.4 Å². The van der Waals surface area contributed by atoms with E-state index in [1.807, 2.05) is 23.0 Å². The maximum atomic E-state index is 6.33. The van der Waals surface area contributed by atoms with E-state index in [0.717, 1.165) is 43.1 Å². The molecule has 0 aliphatic carbocycles. The molecule has 0 radical (unpaired) electrons. The second-order valence-corrected chi connectivity index (χ2v) is 4.80. The van der Waals surface area contributed by atoms with Crippen LogP contribution < -0.4 is 5.32 Å². The summed E-state index contributed by atoms with van der Waals surface area (Å²) >= 11 is 6.33. The molecule has 2 aromatic rings. The Kier molecular flexibility index (Phi) is 4.93. The molecule has 102 valence electrons. The summed E-state index contributed by atoms with van der Waals surface area (Å²) in [6.45, 7) is 5.93. The zero-order chi connectivity index (χ0) is 13.7. The Balaban J connectivity index is 2.27. The number of aryl methyl sites for hydroxylation is 1. The van der Waals surface area contributed by atoms with Gasteiger partial charge in [0.1, 0.15) is 5.82 Å². The zero-order valence-corrected chi connectivity index (χ0v) is 12.1. The lowest BCUT2D eigenvalue weighted by Gasteiger charge is -2.10. The number of hydrogen-bond donors (Lipinski definition) is 1. The van der Waals surface area contributed by atoms with Gasteiger partial charge in [0.15, 0.2) is 5.82 Å². The van der Waals surface area contributed by atoms with E-state index in [1.165, 1.54) is 0 Å². The topological polar surface area (TPSA) is 42.7 Å². The minimum Gasteiger partial charge on any atom is -0.313 e. The summed E-state index contributed by atoms with van der Waals surface area (Å²) in [6.07, 6.45) is 7.52. The first kappa shape index (κ1) is 14.0. The summed E-state index contributed by atoms with van der Waals surface area (Å²) in [5, 5.41) is 3.92. The fraction of sp³-hybridized carbons (Fsp3) is 0.429. The normalized spacial score (nSPS) is 10.9. The molecule has 0 saturated carbocycles. The Morgan fingerprint density at radius 3 is 2.84 bits per heavy atom. The van der Waals surface area contributed by atoms with Gasteiger partial charge in [-0.25, -0.2) is 9.97 Å². The average Bonchev–Trinajstić information content (AvgIpc) is 2.85. The van der Waals surface area contributed by atoms with Crippen LogP contribution in [0.3, 0.4) is 0 Å². The Hall–Kier alpha value is -1.39. The van der Waals surface area contributed by atoms with E-state index in [-0.39, 0.29) is 0 Å². The largest absolute Gasteiger partial charge is 0.313 e. The van der Waals surface area contributed by atoms with E-state index in [9.17, 15) is 0 Å². The van der Waals surface area contributed by atoms with Gasteiger partial charge in [-0.15, -0.1) is 0 Å². The first-order valence-electron chi connectivity index (χ1n) is 6.64. The molecule has 0 amide bonds. The molecule has 0 unspecified atom stereocenters. The summed E-state index contributed by atoms with van der Waals surface area (Å²) in [6, 6.07) is 1.96. The lowest BCUT2D eigenvalue weighted by Crippen LogP contribution is -2.12. The van der Waals surface area contributed by atoms with Crippen molar-refractivity contribution in [3.63, 3.8) is 0 Å². The Bertz CT molecular complexity index is 536. The Labute approximate surface area is 118 Å². The molecule has 2 aromatic heterocycles. The SMILES string of the molecule is CCCc1nccn1-c1ncc(CNCC)cc1Cl. The van der Waals surface area contributed by atoms with Gasteiger partial charge in [-0.2, -0.15) is 0 Å². The van der Waals surface area contributed by atoms with Crippen LogP contribution in [-0.4, -0.2) is 21.1 Å². The molecule has 0 atom stereocenters. The van der Waals surface area contributed by atoms with Crippen molar-refractivity contribution < 1.29 is 0 Å². The molecule has 0 saturated heterocycles. The highest BCUT2D eigenvalue weighted by atomic mass is 35.5. The van der Waals surface area contributed by atoms with E-state index in [0.29, 0.717) is 5.02 Å². The van der Waals surface area contributed by atoms with Gasteiger partial charge in [0, 0.05) is 31.6 Å². The van der Waals surface area contributed by atoms with Crippen LogP contribution >= 0.6 is 11.6 Å². The molecular weight excluding hydrogens is 260 g/mol. The fourth-order valence-electron chi connectivity index (χ4n) is 1.95. The maximum absolute atomic E-state index is 6.33. The molecule has 0 spiro atoms. The van der Waals surface area contributed by atoms with E-state index >= 15 is 0 Å². The summed E-state index contributed by atoms with van der Waals surface area (Å²) < 4.78 is 1.96. The fourth-order valence-corrected chi connectivity index (χ4v) is 2.23. The van der Waals surface area contributed by atoms with Crippen molar-refractivity contribution in [2.45, 2.75) is 33.2 Å². The van der Waals surface area contributed by atoms with Gasteiger partial charge in [0.05, 0.1) is 5.02 Å². The molecular formula is C14H19ClN4. The first-order valence-corrected chi connectivity index (χ1v) is 7.01. The molecule has 0 aliphatic rings. The van der Waals surface area contributed by atoms with Crippen LogP contribution in [0, 0.1) is 0 Å². The minimum atomic E-state index is 0.658. The highest BCUT2D eigenvalue weighted by Gasteiger charge is 2.09. The highest BCUT2D eigenvalue weighted by Crippen LogP contribution is 2.21. The van der Waals surface area contributed by atoms with E-state index < -0.39 is 0 Å². The molecule has 0 aromatic carbocycles. The second kappa shape index (κ2) is 6.68. The molecule has 0 bridgehead atoms. The lowest BCUT2D eigenvalue weighted by atomic mass is 10.2. The first-order chi connectivity index (χ1) is 9.26. The van der Waals surface area contributed by atoms with Crippen molar-refractivity contribution in [1.29, 1.82) is 0 Å². The summed E-state index contributed by atoms with van der Waals surface area (Å²) in [5.74, 6) is 1.75. The van der Waals surface area contributed by atoms with Crippen LogP contribution in [0.15, 0.2) is 24.7 Å². The molecule has 0 aliphatic heterocycles. The van der Waals surface area contributed by atoms with Crippen molar-refractivity contribution in [2.24, 2.45) is 0 Å². The molecule has 5 heteroatoms. The second-order valence-electron chi connectivity index (χ2n) is 4.39. The predicted octanol–water partition coefficient (Wildman–Crippen LogP) is 2.98. The lowest BCUT2D eigenvalue weighted by molar-refractivity contribution is 0.723. The van der Waals surface area contributed by atoms with Crippen LogP contribution in [0.4, 0.5) is 0 Å². The van der Waals surface area contributed by atoms with Gasteiger partial charge >= 0.3 is 0 Å². The van der Waals surface area contributed by atoms with Crippen molar-refractivity contribution in [3.05, 3.63) is 41.1 Å². The van der Waals surface area contributed by atoms with Gasteiger partial charge in [0.25, 0.3) is 0 Å². The van der Waals surface area contributed by atoms with Crippen LogP contribution in [0.1, 0.15) is 31.7 Å². The van der Waals surface area contributed by atoms with E-state index in [4.69, 9.17) is 11.6 Å². The van der Waals surface area contributed by atoms with Gasteiger partial charge < -0.3 is 5.32 Å². The standard InChI is InChI=1S/C14H19ClN4/c1-3-5-13-17-6-7-19(13)14-12(15)8-11(10-18-14)9-16-4-2/h6-8,10,16H,3-5,9H2,1-2H3. The number of hydrogen-bond acceptors (Lipinski definition) is 3. The maximum Gasteiger partial charge on any atom is 0.156 e. The van der Waals surface area contributed by atoms with Crippen LogP contribution in [0.5, 0.6) is 0 Å². The smallest absolute Gasteiger partial charge is 0.156 e. The third kappa shape index (κ3) is 3.33. The number of pyridine rings is 1. The summed E-state index contributed by atoms with van der Waals surface area (Å²) in [5.41, 5.74) is 1.09. The molecule has 2 heterocycles. The van der Waals surface area contributed by atoms with Gasteiger partial charge in [-0.05, 0) is 24.6 Å².